The summed E-state index contributed by atoms with van der Waals surface area (Å²) in [6, 6.07) is 12.2. The number of amides is 1. The Balaban J connectivity index is 1.59. The van der Waals surface area contributed by atoms with Gasteiger partial charge in [0.05, 0.1) is 5.92 Å². The fourth-order valence-corrected chi connectivity index (χ4v) is 3.53. The number of carbonyl (C=O) groups excluding carboxylic acids is 1. The molecule has 5 heteroatoms. The molecule has 0 N–H and O–H groups in total. The summed E-state index contributed by atoms with van der Waals surface area (Å²) in [7, 11) is 0. The van der Waals surface area contributed by atoms with Crippen LogP contribution in [-0.4, -0.2) is 22.6 Å². The molecule has 3 aromatic rings. The molecule has 1 fully saturated rings. The van der Waals surface area contributed by atoms with Gasteiger partial charge in [-0.2, -0.15) is 4.98 Å². The second-order valence-electron chi connectivity index (χ2n) is 7.38. The van der Waals surface area contributed by atoms with E-state index < -0.39 is 0 Å². The van der Waals surface area contributed by atoms with Crippen LogP contribution >= 0.6 is 0 Å². The van der Waals surface area contributed by atoms with E-state index in [1.807, 2.05) is 23.1 Å². The summed E-state index contributed by atoms with van der Waals surface area (Å²) in [6.07, 6.45) is 0.391. The van der Waals surface area contributed by atoms with E-state index in [9.17, 15) is 4.79 Å². The molecule has 2 aromatic carbocycles. The largest absolute Gasteiger partial charge is 0.339 e. The van der Waals surface area contributed by atoms with E-state index >= 15 is 0 Å². The summed E-state index contributed by atoms with van der Waals surface area (Å²) in [5, 5.41) is 4.14. The van der Waals surface area contributed by atoms with Crippen LogP contribution in [-0.2, 0) is 4.79 Å². The van der Waals surface area contributed by atoms with Gasteiger partial charge >= 0.3 is 0 Å². The van der Waals surface area contributed by atoms with Crippen LogP contribution < -0.4 is 4.90 Å². The molecule has 138 valence electrons. The summed E-state index contributed by atoms with van der Waals surface area (Å²) in [5.41, 5.74) is 6.63. The van der Waals surface area contributed by atoms with E-state index in [0.29, 0.717) is 24.7 Å². The molecule has 0 aliphatic carbocycles. The molecule has 4 rings (SSSR count). The lowest BCUT2D eigenvalue weighted by Crippen LogP contribution is -2.25. The zero-order valence-electron chi connectivity index (χ0n) is 16.1. The number of hydrogen-bond acceptors (Lipinski definition) is 4. The van der Waals surface area contributed by atoms with Crippen LogP contribution in [0.5, 0.6) is 0 Å². The van der Waals surface area contributed by atoms with Crippen molar-refractivity contribution < 1.29 is 9.32 Å². The van der Waals surface area contributed by atoms with E-state index in [1.54, 1.807) is 0 Å². The minimum absolute atomic E-state index is 0.0785. The van der Waals surface area contributed by atoms with Gasteiger partial charge in [0, 0.05) is 24.2 Å². The minimum Gasteiger partial charge on any atom is -0.339 e. The first kappa shape index (κ1) is 17.5. The van der Waals surface area contributed by atoms with Gasteiger partial charge < -0.3 is 9.42 Å². The Bertz CT molecular complexity index is 1020. The number of carbonyl (C=O) groups is 1. The first-order valence-electron chi connectivity index (χ1n) is 9.22. The minimum atomic E-state index is -0.0785. The highest BCUT2D eigenvalue weighted by Crippen LogP contribution is 2.34. The highest BCUT2D eigenvalue weighted by Gasteiger charge is 2.35. The van der Waals surface area contributed by atoms with Crippen molar-refractivity contribution in [2.75, 3.05) is 11.4 Å². The lowest BCUT2D eigenvalue weighted by molar-refractivity contribution is -0.117. The van der Waals surface area contributed by atoms with E-state index in [-0.39, 0.29) is 11.8 Å². The fraction of sp³-hybridized carbons (Fsp3) is 0.318. The Morgan fingerprint density at radius 2 is 1.85 bits per heavy atom. The van der Waals surface area contributed by atoms with E-state index in [2.05, 4.69) is 56.0 Å². The van der Waals surface area contributed by atoms with E-state index in [1.165, 1.54) is 16.7 Å². The molecule has 1 aromatic heterocycles. The van der Waals surface area contributed by atoms with Gasteiger partial charge in [-0.3, -0.25) is 4.79 Å². The number of benzene rings is 2. The number of rotatable bonds is 3. The van der Waals surface area contributed by atoms with Crippen molar-refractivity contribution in [3.05, 3.63) is 64.5 Å². The van der Waals surface area contributed by atoms with Crippen LogP contribution in [0.1, 0.15) is 40.5 Å². The third-order valence-electron chi connectivity index (χ3n) is 5.55. The number of aryl methyl sites for hydroxylation is 3. The van der Waals surface area contributed by atoms with Gasteiger partial charge in [-0.15, -0.1) is 0 Å². The third-order valence-corrected chi connectivity index (χ3v) is 5.55. The monoisotopic (exact) mass is 361 g/mol. The van der Waals surface area contributed by atoms with Gasteiger partial charge in [0.25, 0.3) is 0 Å². The Labute approximate surface area is 159 Å². The second-order valence-corrected chi connectivity index (χ2v) is 7.38. The summed E-state index contributed by atoms with van der Waals surface area (Å²) in [5.74, 6) is 1.12. The Morgan fingerprint density at radius 3 is 2.63 bits per heavy atom. The molecule has 1 atom stereocenters. The van der Waals surface area contributed by atoms with Gasteiger partial charge in [0.2, 0.25) is 17.6 Å². The first-order chi connectivity index (χ1) is 12.9. The van der Waals surface area contributed by atoms with Gasteiger partial charge in [0.15, 0.2) is 0 Å². The van der Waals surface area contributed by atoms with Crippen LogP contribution in [0, 0.1) is 27.7 Å². The molecular formula is C22H23N3O2. The summed E-state index contributed by atoms with van der Waals surface area (Å²) >= 11 is 0. The van der Waals surface area contributed by atoms with Crippen molar-refractivity contribution in [2.45, 2.75) is 40.0 Å². The van der Waals surface area contributed by atoms with E-state index in [4.69, 9.17) is 4.52 Å². The molecule has 1 aliphatic heterocycles. The maximum atomic E-state index is 12.6. The second kappa shape index (κ2) is 6.65. The van der Waals surface area contributed by atoms with E-state index in [0.717, 1.165) is 16.8 Å². The number of hydrogen-bond donors (Lipinski definition) is 0. The Hall–Kier alpha value is -2.95. The normalized spacial score (nSPS) is 17.0. The maximum absolute atomic E-state index is 12.6. The molecule has 1 unspecified atom stereocenters. The van der Waals surface area contributed by atoms with Crippen molar-refractivity contribution in [1.29, 1.82) is 0 Å². The van der Waals surface area contributed by atoms with Crippen LogP contribution in [0.4, 0.5) is 5.69 Å². The van der Waals surface area contributed by atoms with Crippen molar-refractivity contribution in [1.82, 2.24) is 10.1 Å². The van der Waals surface area contributed by atoms with Gasteiger partial charge in [0.1, 0.15) is 0 Å². The third kappa shape index (κ3) is 3.14. The molecule has 0 saturated carbocycles. The Morgan fingerprint density at radius 1 is 1.04 bits per heavy atom. The molecule has 5 nitrogen and oxygen atoms in total. The highest BCUT2D eigenvalue weighted by molar-refractivity contribution is 5.97. The smallest absolute Gasteiger partial charge is 0.232 e. The van der Waals surface area contributed by atoms with Gasteiger partial charge in [-0.25, -0.2) is 0 Å². The lowest BCUT2D eigenvalue weighted by Gasteiger charge is -2.19. The summed E-state index contributed by atoms with van der Waals surface area (Å²) < 4.78 is 5.52. The summed E-state index contributed by atoms with van der Waals surface area (Å²) in [4.78, 5) is 19.0. The number of nitrogens with zero attached hydrogens (tertiary/aromatic N) is 3. The molecule has 0 bridgehead atoms. The first-order valence-corrected chi connectivity index (χ1v) is 9.22. The zero-order chi connectivity index (χ0) is 19.1. The SMILES string of the molecule is Cc1ccc(-c2noc(C3CC(=O)N(c4cccc(C)c4C)C3)n2)cc1C. The predicted molar refractivity (Wildman–Crippen MR) is 105 cm³/mol. The van der Waals surface area contributed by atoms with Crippen molar-refractivity contribution in [3.8, 4) is 11.4 Å². The molecule has 0 spiro atoms. The van der Waals surface area contributed by atoms with Crippen molar-refractivity contribution >= 4 is 11.6 Å². The quantitative estimate of drug-likeness (QED) is 0.690. The van der Waals surface area contributed by atoms with Crippen molar-refractivity contribution in [3.63, 3.8) is 0 Å². The molecule has 1 amide bonds. The predicted octanol–water partition coefficient (Wildman–Crippen LogP) is 4.49. The van der Waals surface area contributed by atoms with Crippen LogP contribution in [0.25, 0.3) is 11.4 Å². The molecule has 0 radical (unpaired) electrons. The van der Waals surface area contributed by atoms with Gasteiger partial charge in [-0.05, 0) is 62.1 Å². The lowest BCUT2D eigenvalue weighted by atomic mass is 10.1. The number of anilines is 1. The van der Waals surface area contributed by atoms with Crippen LogP contribution in [0.15, 0.2) is 40.9 Å². The van der Waals surface area contributed by atoms with Crippen LogP contribution in [0.2, 0.25) is 0 Å². The summed E-state index contributed by atoms with van der Waals surface area (Å²) in [6.45, 7) is 8.82. The zero-order valence-corrected chi connectivity index (χ0v) is 16.1. The molecule has 1 aliphatic rings. The topological polar surface area (TPSA) is 59.2 Å². The highest BCUT2D eigenvalue weighted by atomic mass is 16.5. The average molecular weight is 361 g/mol. The average Bonchev–Trinajstić information content (AvgIpc) is 3.27. The Kier molecular flexibility index (Phi) is 4.30. The fourth-order valence-electron chi connectivity index (χ4n) is 3.53. The molecule has 2 heterocycles. The molecule has 1 saturated heterocycles. The van der Waals surface area contributed by atoms with Gasteiger partial charge in [-0.1, -0.05) is 29.4 Å². The van der Waals surface area contributed by atoms with Crippen molar-refractivity contribution in [2.24, 2.45) is 0 Å². The number of aromatic nitrogens is 2. The van der Waals surface area contributed by atoms with Crippen LogP contribution in [0.3, 0.4) is 0 Å². The standard InChI is InChI=1S/C22H23N3O2/c1-13-8-9-17(10-15(13)3)21-23-22(27-24-21)18-11-20(26)25(12-18)19-7-5-6-14(2)16(19)4/h5-10,18H,11-12H2,1-4H3. The molecule has 27 heavy (non-hydrogen) atoms. The maximum Gasteiger partial charge on any atom is 0.232 e. The molecular weight excluding hydrogens is 338 g/mol.